The Kier molecular flexibility index (Phi) is 5.97. The molecule has 1 fully saturated rings. The lowest BCUT2D eigenvalue weighted by molar-refractivity contribution is -0.120. The van der Waals surface area contributed by atoms with Crippen molar-refractivity contribution in [1.29, 1.82) is 0 Å². The Hall–Kier alpha value is -2.48. The quantitative estimate of drug-likeness (QED) is 0.846. The molecule has 1 aromatic carbocycles. The molecule has 0 radical (unpaired) electrons. The van der Waals surface area contributed by atoms with Crippen LogP contribution in [0.25, 0.3) is 0 Å². The first-order valence-electron chi connectivity index (χ1n) is 8.35. The summed E-state index contributed by atoms with van der Waals surface area (Å²) in [5.41, 5.74) is -0.274. The van der Waals surface area contributed by atoms with E-state index in [0.717, 1.165) is 0 Å². The number of hydrogen-bond acceptors (Lipinski definition) is 6. The third kappa shape index (κ3) is 4.78. The number of carbonyl (C=O) groups is 2. The number of aliphatic hydroxyl groups excluding tert-OH is 1. The summed E-state index contributed by atoms with van der Waals surface area (Å²) < 4.78 is 15.7. The number of aliphatic hydroxyl groups is 1. The number of carbonyl (C=O) groups excluding carboxylic acids is 2. The minimum absolute atomic E-state index is 0.0439. The lowest BCUT2D eigenvalue weighted by Gasteiger charge is -2.28. The van der Waals surface area contributed by atoms with Crippen molar-refractivity contribution in [1.82, 2.24) is 4.90 Å². The van der Waals surface area contributed by atoms with Crippen molar-refractivity contribution in [2.24, 2.45) is 0 Å². The minimum Gasteiger partial charge on any atom is -0.497 e. The smallest absolute Gasteiger partial charge is 0.411 e. The van der Waals surface area contributed by atoms with Crippen LogP contribution >= 0.6 is 0 Å². The summed E-state index contributed by atoms with van der Waals surface area (Å²) >= 11 is 0. The van der Waals surface area contributed by atoms with Gasteiger partial charge in [0.05, 0.1) is 32.6 Å². The molecule has 1 aliphatic heterocycles. The molecule has 1 heterocycles. The predicted octanol–water partition coefficient (Wildman–Crippen LogP) is 2.01. The molecule has 0 unspecified atom stereocenters. The number of β-amino-alcohol motifs (C(OH)–C–C–N with tert-alkyl or cyclic N) is 1. The van der Waals surface area contributed by atoms with Crippen LogP contribution in [0.4, 0.5) is 10.5 Å². The first kappa shape index (κ1) is 19.8. The van der Waals surface area contributed by atoms with Crippen LogP contribution in [-0.2, 0) is 9.53 Å². The Labute approximate surface area is 153 Å². The first-order chi connectivity index (χ1) is 12.1. The van der Waals surface area contributed by atoms with E-state index in [2.05, 4.69) is 5.32 Å². The summed E-state index contributed by atoms with van der Waals surface area (Å²) in [5, 5.41) is 12.7. The number of nitrogens with zero attached hydrogens (tertiary/aromatic N) is 1. The molecule has 2 N–H and O–H groups in total. The van der Waals surface area contributed by atoms with Gasteiger partial charge in [0.15, 0.2) is 0 Å². The van der Waals surface area contributed by atoms with Gasteiger partial charge in [0.25, 0.3) is 0 Å². The third-order valence-corrected chi connectivity index (χ3v) is 3.87. The molecule has 0 bridgehead atoms. The minimum atomic E-state index is -0.837. The highest BCUT2D eigenvalue weighted by molar-refractivity contribution is 5.98. The summed E-state index contributed by atoms with van der Waals surface area (Å²) in [6.07, 6.45) is -1.28. The Bertz CT molecular complexity index is 670. The van der Waals surface area contributed by atoms with Crippen LogP contribution in [0.3, 0.4) is 0 Å². The Balaban J connectivity index is 2.18. The van der Waals surface area contributed by atoms with Gasteiger partial charge in [0.1, 0.15) is 23.1 Å². The summed E-state index contributed by atoms with van der Waals surface area (Å²) in [7, 11) is 3.01. The van der Waals surface area contributed by atoms with E-state index < -0.39 is 29.7 Å². The molecular formula is C18H26N2O6. The molecule has 0 saturated carbocycles. The second kappa shape index (κ2) is 7.82. The largest absolute Gasteiger partial charge is 0.497 e. The van der Waals surface area contributed by atoms with Gasteiger partial charge in [-0.1, -0.05) is 0 Å². The molecule has 26 heavy (non-hydrogen) atoms. The number of anilines is 1. The maximum Gasteiger partial charge on any atom is 0.411 e. The zero-order valence-corrected chi connectivity index (χ0v) is 15.7. The second-order valence-electron chi connectivity index (χ2n) is 7.09. The molecule has 2 amide bonds. The van der Waals surface area contributed by atoms with Gasteiger partial charge in [0.2, 0.25) is 5.91 Å². The Morgan fingerprint density at radius 1 is 1.23 bits per heavy atom. The van der Waals surface area contributed by atoms with Crippen molar-refractivity contribution in [3.63, 3.8) is 0 Å². The highest BCUT2D eigenvalue weighted by Gasteiger charge is 2.41. The van der Waals surface area contributed by atoms with Crippen molar-refractivity contribution in [3.05, 3.63) is 18.2 Å². The fourth-order valence-electron chi connectivity index (χ4n) is 2.71. The SMILES string of the molecule is COc1ccc(OC)c(NC(=O)[C@@H]2C[C@@H](O)CN2C(=O)OC(C)(C)C)c1. The number of amides is 2. The number of hydrogen-bond donors (Lipinski definition) is 2. The molecular weight excluding hydrogens is 340 g/mol. The molecule has 2 rings (SSSR count). The van der Waals surface area contributed by atoms with Crippen LogP contribution in [0.1, 0.15) is 27.2 Å². The van der Waals surface area contributed by atoms with Crippen molar-refractivity contribution >= 4 is 17.7 Å². The van der Waals surface area contributed by atoms with E-state index in [1.54, 1.807) is 39.0 Å². The van der Waals surface area contributed by atoms with E-state index in [0.29, 0.717) is 17.2 Å². The average Bonchev–Trinajstić information content (AvgIpc) is 2.95. The Morgan fingerprint density at radius 2 is 1.92 bits per heavy atom. The van der Waals surface area contributed by atoms with Gasteiger partial charge in [-0.2, -0.15) is 0 Å². The van der Waals surface area contributed by atoms with Gasteiger partial charge in [-0.3, -0.25) is 9.69 Å². The third-order valence-electron chi connectivity index (χ3n) is 3.87. The molecule has 0 spiro atoms. The molecule has 0 aliphatic carbocycles. The van der Waals surface area contributed by atoms with Crippen molar-refractivity contribution in [2.75, 3.05) is 26.1 Å². The zero-order valence-electron chi connectivity index (χ0n) is 15.7. The lowest BCUT2D eigenvalue weighted by Crippen LogP contribution is -2.45. The highest BCUT2D eigenvalue weighted by atomic mass is 16.6. The summed E-state index contributed by atoms with van der Waals surface area (Å²) in [6.45, 7) is 5.27. The number of rotatable bonds is 4. The van der Waals surface area contributed by atoms with Crippen LogP contribution < -0.4 is 14.8 Å². The highest BCUT2D eigenvalue weighted by Crippen LogP contribution is 2.30. The van der Waals surface area contributed by atoms with Crippen LogP contribution in [0, 0.1) is 0 Å². The first-order valence-corrected chi connectivity index (χ1v) is 8.35. The van der Waals surface area contributed by atoms with Crippen LogP contribution in [0.2, 0.25) is 0 Å². The van der Waals surface area contributed by atoms with Crippen LogP contribution in [0.15, 0.2) is 18.2 Å². The molecule has 8 nitrogen and oxygen atoms in total. The summed E-state index contributed by atoms with van der Waals surface area (Å²) in [4.78, 5) is 26.4. The standard InChI is InChI=1S/C18H26N2O6/c1-18(2,3)26-17(23)20-10-11(21)8-14(20)16(22)19-13-9-12(24-4)6-7-15(13)25-5/h6-7,9,11,14,21H,8,10H2,1-5H3,(H,19,22)/t11-,14+/m1/s1. The number of methoxy groups -OCH3 is 2. The van der Waals surface area contributed by atoms with E-state index in [4.69, 9.17) is 14.2 Å². The molecule has 1 aromatic rings. The second-order valence-corrected chi connectivity index (χ2v) is 7.09. The summed E-state index contributed by atoms with van der Waals surface area (Å²) in [6, 6.07) is 4.17. The van der Waals surface area contributed by atoms with E-state index in [1.807, 2.05) is 0 Å². The predicted molar refractivity (Wildman–Crippen MR) is 95.5 cm³/mol. The molecule has 1 saturated heterocycles. The number of likely N-dealkylation sites (tertiary alicyclic amines) is 1. The van der Waals surface area contributed by atoms with Crippen molar-refractivity contribution in [3.8, 4) is 11.5 Å². The van der Waals surface area contributed by atoms with E-state index >= 15 is 0 Å². The van der Waals surface area contributed by atoms with E-state index in [1.165, 1.54) is 19.1 Å². The van der Waals surface area contributed by atoms with Crippen molar-refractivity contribution < 1.29 is 28.9 Å². The van der Waals surface area contributed by atoms with Gasteiger partial charge in [-0.25, -0.2) is 4.79 Å². The molecule has 0 aromatic heterocycles. The Morgan fingerprint density at radius 3 is 2.50 bits per heavy atom. The maximum atomic E-state index is 12.7. The molecule has 8 heteroatoms. The van der Waals surface area contributed by atoms with Crippen LogP contribution in [0.5, 0.6) is 11.5 Å². The average molecular weight is 366 g/mol. The fourth-order valence-corrected chi connectivity index (χ4v) is 2.71. The number of ether oxygens (including phenoxy) is 3. The van der Waals surface area contributed by atoms with Gasteiger partial charge in [-0.05, 0) is 32.9 Å². The molecule has 1 aliphatic rings. The van der Waals surface area contributed by atoms with Gasteiger partial charge >= 0.3 is 6.09 Å². The fraction of sp³-hybridized carbons (Fsp3) is 0.556. The molecule has 2 atom stereocenters. The van der Waals surface area contributed by atoms with Gasteiger partial charge in [0, 0.05) is 12.5 Å². The van der Waals surface area contributed by atoms with Gasteiger partial charge < -0.3 is 24.6 Å². The topological polar surface area (TPSA) is 97.3 Å². The normalized spacial score (nSPS) is 19.8. The van der Waals surface area contributed by atoms with Crippen LogP contribution in [-0.4, -0.2) is 60.5 Å². The maximum absolute atomic E-state index is 12.7. The summed E-state index contributed by atoms with van der Waals surface area (Å²) in [5.74, 6) is 0.581. The van der Waals surface area contributed by atoms with Gasteiger partial charge in [-0.15, -0.1) is 0 Å². The van der Waals surface area contributed by atoms with E-state index in [-0.39, 0.29) is 13.0 Å². The zero-order chi connectivity index (χ0) is 19.5. The number of benzene rings is 1. The monoisotopic (exact) mass is 366 g/mol. The number of nitrogens with one attached hydrogen (secondary N) is 1. The molecule has 144 valence electrons. The van der Waals surface area contributed by atoms with Crippen molar-refractivity contribution in [2.45, 2.75) is 44.9 Å². The lowest BCUT2D eigenvalue weighted by atomic mass is 10.1. The van der Waals surface area contributed by atoms with E-state index in [9.17, 15) is 14.7 Å².